The fourth-order valence-electron chi connectivity index (χ4n) is 3.60. The van der Waals surface area contributed by atoms with Crippen LogP contribution in [0.4, 0.5) is 18.9 Å². The van der Waals surface area contributed by atoms with E-state index >= 15 is 0 Å². The fourth-order valence-corrected chi connectivity index (χ4v) is 3.74. The molecule has 1 N–H and O–H groups in total. The summed E-state index contributed by atoms with van der Waals surface area (Å²) in [7, 11) is 0. The maximum absolute atomic E-state index is 14.6. The van der Waals surface area contributed by atoms with Crippen LogP contribution in [0, 0.1) is 17.5 Å². The Hall–Kier alpha value is -4.24. The predicted molar refractivity (Wildman–Crippen MR) is 121 cm³/mol. The highest BCUT2D eigenvalue weighted by Gasteiger charge is 2.21. The number of hydrogen-bond donors (Lipinski definition) is 1. The Kier molecular flexibility index (Phi) is 5.46. The van der Waals surface area contributed by atoms with Gasteiger partial charge in [0.2, 0.25) is 5.28 Å². The Morgan fingerprint density at radius 1 is 0.941 bits per heavy atom. The molecule has 10 heteroatoms. The third kappa shape index (κ3) is 3.86. The monoisotopic (exact) mass is 479 g/mol. The highest BCUT2D eigenvalue weighted by molar-refractivity contribution is 6.28. The zero-order valence-corrected chi connectivity index (χ0v) is 17.9. The number of carbonyl (C=O) groups excluding carboxylic acids is 1. The highest BCUT2D eigenvalue weighted by atomic mass is 35.5. The first-order valence-electron chi connectivity index (χ1n) is 9.94. The number of nitrogens with zero attached hydrogens (tertiary/aromatic N) is 4. The Bertz CT molecular complexity index is 1550. The van der Waals surface area contributed by atoms with Crippen LogP contribution < -0.4 is 5.32 Å². The number of pyridine rings is 1. The van der Waals surface area contributed by atoms with Gasteiger partial charge in [0.05, 0.1) is 22.5 Å². The van der Waals surface area contributed by atoms with Crippen molar-refractivity contribution < 1.29 is 18.0 Å². The van der Waals surface area contributed by atoms with E-state index in [1.807, 2.05) is 12.1 Å². The molecule has 0 bridgehead atoms. The van der Waals surface area contributed by atoms with E-state index in [1.165, 1.54) is 18.3 Å². The van der Waals surface area contributed by atoms with Gasteiger partial charge in [0, 0.05) is 18.0 Å². The third-order valence-corrected chi connectivity index (χ3v) is 5.28. The van der Waals surface area contributed by atoms with E-state index in [1.54, 1.807) is 22.8 Å². The van der Waals surface area contributed by atoms with Gasteiger partial charge in [0.1, 0.15) is 28.7 Å². The molecular weight excluding hydrogens is 467 g/mol. The normalized spacial score (nSPS) is 11.1. The van der Waals surface area contributed by atoms with Crippen LogP contribution in [0.5, 0.6) is 0 Å². The molecule has 0 saturated carbocycles. The quantitative estimate of drug-likeness (QED) is 0.332. The fraction of sp³-hybridized carbons (Fsp3) is 0. The van der Waals surface area contributed by atoms with Gasteiger partial charge in [-0.15, -0.1) is 0 Å². The number of carbonyl (C=O) groups is 1. The summed E-state index contributed by atoms with van der Waals surface area (Å²) in [6, 6.07) is 14.1. The van der Waals surface area contributed by atoms with Gasteiger partial charge >= 0.3 is 0 Å². The molecule has 2 aromatic carbocycles. The lowest BCUT2D eigenvalue weighted by Crippen LogP contribution is -2.16. The lowest BCUT2D eigenvalue weighted by Gasteiger charge is -2.10. The maximum Gasteiger partial charge on any atom is 0.261 e. The van der Waals surface area contributed by atoms with Crippen molar-refractivity contribution in [1.29, 1.82) is 0 Å². The van der Waals surface area contributed by atoms with Crippen molar-refractivity contribution in [2.45, 2.75) is 0 Å². The molecule has 34 heavy (non-hydrogen) atoms. The second-order valence-corrected chi connectivity index (χ2v) is 7.55. The minimum Gasteiger partial charge on any atom is -0.319 e. The maximum atomic E-state index is 14.6. The first kappa shape index (κ1) is 21.6. The van der Waals surface area contributed by atoms with Gasteiger partial charge in [-0.2, -0.15) is 5.10 Å². The molecule has 3 aromatic heterocycles. The van der Waals surface area contributed by atoms with Crippen LogP contribution in [0.1, 0.15) is 10.4 Å². The molecule has 5 rings (SSSR count). The van der Waals surface area contributed by atoms with Gasteiger partial charge in [0.15, 0.2) is 0 Å². The Balaban J connectivity index is 1.62. The van der Waals surface area contributed by atoms with Crippen LogP contribution in [-0.2, 0) is 0 Å². The molecule has 3 heterocycles. The van der Waals surface area contributed by atoms with Crippen molar-refractivity contribution in [3.63, 3.8) is 0 Å². The van der Waals surface area contributed by atoms with Crippen molar-refractivity contribution in [2.24, 2.45) is 0 Å². The number of nitrogens with one attached hydrogen (secondary N) is 1. The molecular formula is C24H13ClF3N5O. The summed E-state index contributed by atoms with van der Waals surface area (Å²) in [4.78, 5) is 20.7. The number of fused-ring (bicyclic) bond motifs is 1. The highest BCUT2D eigenvalue weighted by Crippen LogP contribution is 2.36. The molecule has 0 radical (unpaired) electrons. The van der Waals surface area contributed by atoms with E-state index in [9.17, 15) is 18.0 Å². The van der Waals surface area contributed by atoms with Crippen molar-refractivity contribution in [3.8, 4) is 22.5 Å². The summed E-state index contributed by atoms with van der Waals surface area (Å²) in [5, 5.41) is 6.87. The van der Waals surface area contributed by atoms with E-state index in [4.69, 9.17) is 11.6 Å². The molecule has 0 spiro atoms. The number of halogens is 4. The van der Waals surface area contributed by atoms with Crippen molar-refractivity contribution >= 4 is 28.7 Å². The van der Waals surface area contributed by atoms with E-state index in [2.05, 4.69) is 20.4 Å². The second-order valence-electron chi connectivity index (χ2n) is 7.21. The van der Waals surface area contributed by atoms with Gasteiger partial charge in [-0.05, 0) is 60.1 Å². The van der Waals surface area contributed by atoms with Crippen molar-refractivity contribution in [3.05, 3.63) is 101 Å². The molecule has 5 aromatic rings. The molecule has 0 aliphatic carbocycles. The average molecular weight is 480 g/mol. The van der Waals surface area contributed by atoms with Crippen molar-refractivity contribution in [1.82, 2.24) is 19.6 Å². The largest absolute Gasteiger partial charge is 0.319 e. The van der Waals surface area contributed by atoms with E-state index in [-0.39, 0.29) is 11.0 Å². The predicted octanol–water partition coefficient (Wildman–Crippen LogP) is 5.78. The summed E-state index contributed by atoms with van der Waals surface area (Å²) < 4.78 is 44.2. The van der Waals surface area contributed by atoms with Crippen LogP contribution in [-0.4, -0.2) is 25.5 Å². The Morgan fingerprint density at radius 2 is 1.74 bits per heavy atom. The molecule has 0 unspecified atom stereocenters. The standard InChI is InChI=1S/C24H13ClF3N5O/c25-24-29-10-9-17(31-24)21-19-6-1-2-11-33(19)32-22(21)13-7-8-14(26)18(12-13)30-23(34)20-15(27)4-3-5-16(20)28/h1-12H,(H,30,34). The van der Waals surface area contributed by atoms with Crippen LogP contribution >= 0.6 is 11.6 Å². The molecule has 0 fully saturated rings. The first-order valence-corrected chi connectivity index (χ1v) is 10.3. The van der Waals surface area contributed by atoms with Crippen LogP contribution in [0.2, 0.25) is 5.28 Å². The molecule has 168 valence electrons. The number of rotatable bonds is 4. The van der Waals surface area contributed by atoms with Crippen LogP contribution in [0.3, 0.4) is 0 Å². The number of anilines is 1. The minimum absolute atomic E-state index is 0.0395. The zero-order chi connectivity index (χ0) is 23.8. The SMILES string of the molecule is O=C(Nc1cc(-c2nn3ccccc3c2-c2ccnc(Cl)n2)ccc1F)c1c(F)cccc1F. The van der Waals surface area contributed by atoms with Crippen LogP contribution in [0.25, 0.3) is 28.0 Å². The molecule has 1 amide bonds. The van der Waals surface area contributed by atoms with Crippen molar-refractivity contribution in [2.75, 3.05) is 5.32 Å². The molecule has 0 aliphatic rings. The Morgan fingerprint density at radius 3 is 2.50 bits per heavy atom. The summed E-state index contributed by atoms with van der Waals surface area (Å²) in [5.41, 5.74) is 1.57. The number of aromatic nitrogens is 4. The molecule has 0 aliphatic heterocycles. The zero-order valence-electron chi connectivity index (χ0n) is 17.1. The molecule has 0 saturated heterocycles. The summed E-state index contributed by atoms with van der Waals surface area (Å²) in [5.74, 6) is -4.02. The summed E-state index contributed by atoms with van der Waals surface area (Å²) in [6.45, 7) is 0. The van der Waals surface area contributed by atoms with Gasteiger partial charge < -0.3 is 5.32 Å². The lowest BCUT2D eigenvalue weighted by molar-refractivity contribution is 0.101. The van der Waals surface area contributed by atoms with Crippen LogP contribution in [0.15, 0.2) is 73.1 Å². The number of amides is 1. The Labute approximate surface area is 195 Å². The van der Waals surface area contributed by atoms with Gasteiger partial charge in [-0.1, -0.05) is 12.1 Å². The first-order chi connectivity index (χ1) is 16.4. The van der Waals surface area contributed by atoms with Gasteiger partial charge in [0.25, 0.3) is 5.91 Å². The van der Waals surface area contributed by atoms with Gasteiger partial charge in [-0.25, -0.2) is 27.7 Å². The average Bonchev–Trinajstić information content (AvgIpc) is 3.20. The van der Waals surface area contributed by atoms with E-state index in [0.29, 0.717) is 28.0 Å². The molecule has 0 atom stereocenters. The number of hydrogen-bond acceptors (Lipinski definition) is 4. The lowest BCUT2D eigenvalue weighted by atomic mass is 10.0. The third-order valence-electron chi connectivity index (χ3n) is 5.10. The van der Waals surface area contributed by atoms with E-state index < -0.39 is 28.9 Å². The summed E-state index contributed by atoms with van der Waals surface area (Å²) in [6.07, 6.45) is 3.23. The number of benzene rings is 2. The topological polar surface area (TPSA) is 72.2 Å². The summed E-state index contributed by atoms with van der Waals surface area (Å²) >= 11 is 5.99. The second kappa shape index (κ2) is 8.60. The van der Waals surface area contributed by atoms with E-state index in [0.717, 1.165) is 24.3 Å². The smallest absolute Gasteiger partial charge is 0.261 e. The molecule has 6 nitrogen and oxygen atoms in total. The van der Waals surface area contributed by atoms with Gasteiger partial charge in [-0.3, -0.25) is 4.79 Å². The minimum atomic E-state index is -1.12.